The zero-order chi connectivity index (χ0) is 32.4. The largest absolute Gasteiger partial charge is 0.416 e. The Balaban J connectivity index is 1.12. The molecule has 238 valence electrons. The van der Waals surface area contributed by atoms with Crippen molar-refractivity contribution in [2.24, 2.45) is 0 Å². The zero-order valence-electron chi connectivity index (χ0n) is 24.7. The molecule has 1 aliphatic rings. The molecule has 10 nitrogen and oxygen atoms in total. The molecule has 14 heteroatoms. The molecule has 3 aromatic heterocycles. The van der Waals surface area contributed by atoms with E-state index in [4.69, 9.17) is 14.7 Å². The van der Waals surface area contributed by atoms with Gasteiger partial charge < -0.3 is 25.6 Å². The third kappa shape index (κ3) is 6.73. The monoisotopic (exact) mass is 656 g/mol. The van der Waals surface area contributed by atoms with Gasteiger partial charge in [-0.25, -0.2) is 19.7 Å². The minimum atomic E-state index is -4.52. The second-order valence-electron chi connectivity index (χ2n) is 10.6. The number of alkyl halides is 3. The number of imidazole rings is 1. The highest BCUT2D eigenvalue weighted by atomic mass is 32.1. The summed E-state index contributed by atoms with van der Waals surface area (Å²) in [4.78, 5) is 29.9. The summed E-state index contributed by atoms with van der Waals surface area (Å²) in [6.45, 7) is 3.14. The van der Waals surface area contributed by atoms with Crippen LogP contribution >= 0.6 is 11.3 Å². The molecule has 3 N–H and O–H groups in total. The molecule has 0 unspecified atom stereocenters. The van der Waals surface area contributed by atoms with E-state index in [0.717, 1.165) is 47.3 Å². The quantitative estimate of drug-likeness (QED) is 0.161. The van der Waals surface area contributed by atoms with Gasteiger partial charge in [-0.1, -0.05) is 18.2 Å². The standard InChI is InChI=1S/C33H27F3N8O2S/c34-33(35,36)22-4-2-6-25(20-22)40-31(45)39-24-5-1-3-21(19-24)28-29(44-15-18-47-32(44)42-28)27-11-12-37-30(41-27)38-23-7-9-26(10-8-23)43-13-16-46-17-14-43/h1-12,15,18-20H,13-14,16-17H2,(H,37,38,41)(H2,39,40,45). The molecule has 3 aromatic carbocycles. The minimum absolute atomic E-state index is 0.0197. The topological polar surface area (TPSA) is 109 Å². The van der Waals surface area contributed by atoms with Crippen LogP contribution in [0.25, 0.3) is 27.6 Å². The molecular formula is C33H27F3N8O2S. The van der Waals surface area contributed by atoms with E-state index < -0.39 is 17.8 Å². The summed E-state index contributed by atoms with van der Waals surface area (Å²) in [6, 6.07) is 20.7. The number of aromatic nitrogens is 4. The number of hydrogen-bond acceptors (Lipinski definition) is 8. The van der Waals surface area contributed by atoms with Crippen LogP contribution in [0.2, 0.25) is 0 Å². The van der Waals surface area contributed by atoms with Gasteiger partial charge in [-0.15, -0.1) is 11.3 Å². The number of amides is 2. The number of nitrogens with zero attached hydrogens (tertiary/aromatic N) is 5. The number of rotatable bonds is 7. The second kappa shape index (κ2) is 12.7. The summed E-state index contributed by atoms with van der Waals surface area (Å²) in [7, 11) is 0. The highest BCUT2D eigenvalue weighted by Gasteiger charge is 2.30. The van der Waals surface area contributed by atoms with Gasteiger partial charge in [0.05, 0.1) is 30.2 Å². The van der Waals surface area contributed by atoms with Crippen molar-refractivity contribution in [3.8, 4) is 22.6 Å². The fourth-order valence-corrected chi connectivity index (χ4v) is 6.01. The van der Waals surface area contributed by atoms with Crippen LogP contribution in [-0.2, 0) is 10.9 Å². The summed E-state index contributed by atoms with van der Waals surface area (Å²) in [6.07, 6.45) is -0.928. The van der Waals surface area contributed by atoms with Crippen molar-refractivity contribution in [1.29, 1.82) is 0 Å². The molecule has 0 saturated carbocycles. The zero-order valence-corrected chi connectivity index (χ0v) is 25.5. The van der Waals surface area contributed by atoms with E-state index in [1.165, 1.54) is 23.5 Å². The van der Waals surface area contributed by atoms with E-state index in [1.54, 1.807) is 24.4 Å². The smallest absolute Gasteiger partial charge is 0.378 e. The fourth-order valence-electron chi connectivity index (χ4n) is 5.30. The summed E-state index contributed by atoms with van der Waals surface area (Å²) >= 11 is 1.47. The summed E-state index contributed by atoms with van der Waals surface area (Å²) in [5.41, 5.74) is 4.28. The van der Waals surface area contributed by atoms with Gasteiger partial charge >= 0.3 is 12.2 Å². The lowest BCUT2D eigenvalue weighted by atomic mass is 10.1. The van der Waals surface area contributed by atoms with Gasteiger partial charge in [0.15, 0.2) is 4.96 Å². The molecule has 0 bridgehead atoms. The molecule has 7 rings (SSSR count). The molecular weight excluding hydrogens is 629 g/mol. The molecule has 47 heavy (non-hydrogen) atoms. The highest BCUT2D eigenvalue weighted by Crippen LogP contribution is 2.35. The maximum Gasteiger partial charge on any atom is 0.416 e. The van der Waals surface area contributed by atoms with Gasteiger partial charge in [0.2, 0.25) is 5.95 Å². The van der Waals surface area contributed by atoms with Crippen molar-refractivity contribution in [3.63, 3.8) is 0 Å². The van der Waals surface area contributed by atoms with Crippen LogP contribution in [0.5, 0.6) is 0 Å². The number of nitrogens with one attached hydrogen (secondary N) is 3. The predicted octanol–water partition coefficient (Wildman–Crippen LogP) is 7.76. The van der Waals surface area contributed by atoms with E-state index in [2.05, 4.69) is 38.0 Å². The van der Waals surface area contributed by atoms with E-state index in [1.807, 2.05) is 40.2 Å². The number of carbonyl (C=O) groups excluding carboxylic acids is 1. The maximum absolute atomic E-state index is 13.1. The summed E-state index contributed by atoms with van der Waals surface area (Å²) in [5, 5.41) is 10.4. The predicted molar refractivity (Wildman–Crippen MR) is 176 cm³/mol. The Labute approximate surface area is 270 Å². The van der Waals surface area contributed by atoms with Crippen LogP contribution in [0.1, 0.15) is 5.56 Å². The van der Waals surface area contributed by atoms with Crippen LogP contribution in [0, 0.1) is 0 Å². The lowest BCUT2D eigenvalue weighted by Crippen LogP contribution is -2.36. The number of halogens is 3. The van der Waals surface area contributed by atoms with Crippen molar-refractivity contribution in [2.45, 2.75) is 6.18 Å². The average molecular weight is 657 g/mol. The summed E-state index contributed by atoms with van der Waals surface area (Å²) in [5.74, 6) is 0.416. The van der Waals surface area contributed by atoms with Crippen molar-refractivity contribution < 1.29 is 22.7 Å². The lowest BCUT2D eigenvalue weighted by Gasteiger charge is -2.28. The number of benzene rings is 3. The lowest BCUT2D eigenvalue weighted by molar-refractivity contribution is -0.137. The van der Waals surface area contributed by atoms with Gasteiger partial charge in [0.25, 0.3) is 0 Å². The van der Waals surface area contributed by atoms with Crippen LogP contribution in [0.4, 0.5) is 46.7 Å². The molecule has 1 fully saturated rings. The van der Waals surface area contributed by atoms with Gasteiger partial charge in [0, 0.05) is 59.2 Å². The Hall–Kier alpha value is -5.47. The first-order valence-electron chi connectivity index (χ1n) is 14.6. The van der Waals surface area contributed by atoms with Gasteiger partial charge in [0.1, 0.15) is 5.69 Å². The second-order valence-corrected chi connectivity index (χ2v) is 11.5. The number of morpholine rings is 1. The summed E-state index contributed by atoms with van der Waals surface area (Å²) < 4.78 is 46.7. The number of fused-ring (bicyclic) bond motifs is 1. The SMILES string of the molecule is O=C(Nc1cccc(-c2nc3sccn3c2-c2ccnc(Nc3ccc(N4CCOCC4)cc3)n2)c1)Nc1cccc(C(F)(F)F)c1. The molecule has 0 spiro atoms. The number of ether oxygens (including phenoxy) is 1. The van der Waals surface area contributed by atoms with Gasteiger partial charge in [-0.05, 0) is 60.7 Å². The van der Waals surface area contributed by atoms with Gasteiger partial charge in [-0.2, -0.15) is 13.2 Å². The molecule has 0 atom stereocenters. The molecule has 4 heterocycles. The first-order valence-corrected chi connectivity index (χ1v) is 15.5. The third-order valence-electron chi connectivity index (χ3n) is 7.50. The number of anilines is 5. The fraction of sp³-hybridized carbons (Fsp3) is 0.152. The number of hydrogen-bond donors (Lipinski definition) is 3. The molecule has 0 aliphatic carbocycles. The molecule has 0 radical (unpaired) electrons. The van der Waals surface area contributed by atoms with Crippen LogP contribution < -0.4 is 20.9 Å². The third-order valence-corrected chi connectivity index (χ3v) is 8.26. The number of urea groups is 1. The van der Waals surface area contributed by atoms with Crippen LogP contribution in [0.3, 0.4) is 0 Å². The maximum atomic E-state index is 13.1. The van der Waals surface area contributed by atoms with Gasteiger partial charge in [-0.3, -0.25) is 4.40 Å². The Morgan fingerprint density at radius 3 is 2.38 bits per heavy atom. The first kappa shape index (κ1) is 30.2. The minimum Gasteiger partial charge on any atom is -0.378 e. The number of carbonyl (C=O) groups is 1. The Morgan fingerprint density at radius 2 is 1.62 bits per heavy atom. The van der Waals surface area contributed by atoms with Crippen molar-refractivity contribution in [2.75, 3.05) is 47.2 Å². The van der Waals surface area contributed by atoms with E-state index in [-0.39, 0.29) is 5.69 Å². The first-order chi connectivity index (χ1) is 22.8. The van der Waals surface area contributed by atoms with Crippen LogP contribution in [0.15, 0.2) is 96.6 Å². The van der Waals surface area contributed by atoms with Crippen molar-refractivity contribution >= 4 is 51.0 Å². The Bertz CT molecular complexity index is 2040. The Morgan fingerprint density at radius 1 is 0.872 bits per heavy atom. The number of thiazole rings is 1. The van der Waals surface area contributed by atoms with Crippen LogP contribution in [-0.4, -0.2) is 51.7 Å². The average Bonchev–Trinajstić information content (AvgIpc) is 3.68. The van der Waals surface area contributed by atoms with Crippen molar-refractivity contribution in [1.82, 2.24) is 19.4 Å². The Kier molecular flexibility index (Phi) is 8.18. The van der Waals surface area contributed by atoms with Crippen molar-refractivity contribution in [3.05, 3.63) is 102 Å². The molecule has 6 aromatic rings. The normalized spacial score (nSPS) is 13.5. The molecule has 1 aliphatic heterocycles. The molecule has 2 amide bonds. The van der Waals surface area contributed by atoms with E-state index in [0.29, 0.717) is 41.8 Å². The molecule has 1 saturated heterocycles. The highest BCUT2D eigenvalue weighted by molar-refractivity contribution is 7.15. The van der Waals surface area contributed by atoms with E-state index in [9.17, 15) is 18.0 Å². The van der Waals surface area contributed by atoms with E-state index >= 15 is 0 Å².